The molecule has 0 amide bonds. The van der Waals surface area contributed by atoms with Crippen molar-refractivity contribution in [2.75, 3.05) is 11.9 Å². The quantitative estimate of drug-likeness (QED) is 0.290. The van der Waals surface area contributed by atoms with E-state index in [1.54, 1.807) is 19.1 Å². The molecule has 4 rings (SSSR count). The largest absolute Gasteiger partial charge is 0.454 e. The molecule has 168 valence electrons. The van der Waals surface area contributed by atoms with Gasteiger partial charge in [-0.15, -0.1) is 0 Å². The number of nitrogens with zero attached hydrogens (tertiary/aromatic N) is 1. The van der Waals surface area contributed by atoms with E-state index in [-0.39, 0.29) is 22.9 Å². The molecule has 2 heterocycles. The first-order chi connectivity index (χ1) is 15.7. The summed E-state index contributed by atoms with van der Waals surface area (Å²) in [6, 6.07) is 14.7. The molecule has 0 atom stereocenters. The lowest BCUT2D eigenvalue weighted by Crippen LogP contribution is -2.16. The van der Waals surface area contributed by atoms with Crippen LogP contribution in [0.4, 0.5) is 24.7 Å². The SMILES string of the molecule is Cc1[nH]c2ccccc2c1C(=O)COC(=O)c1cccnc1Nc1cccc(C(F)(F)F)c1. The molecule has 0 unspecified atom stereocenters. The minimum atomic E-state index is -4.51. The van der Waals surface area contributed by atoms with Crippen LogP contribution in [0.2, 0.25) is 0 Å². The van der Waals surface area contributed by atoms with Gasteiger partial charge in [0.05, 0.1) is 5.56 Å². The summed E-state index contributed by atoms with van der Waals surface area (Å²) in [4.78, 5) is 32.6. The number of para-hydroxylation sites is 1. The number of Topliss-reactive ketones (excluding diaryl/α,β-unsaturated/α-hetero) is 1. The van der Waals surface area contributed by atoms with Gasteiger partial charge in [-0.1, -0.05) is 24.3 Å². The van der Waals surface area contributed by atoms with Crippen LogP contribution in [-0.4, -0.2) is 28.3 Å². The van der Waals surface area contributed by atoms with Crippen molar-refractivity contribution in [1.29, 1.82) is 0 Å². The number of halogens is 3. The lowest BCUT2D eigenvalue weighted by atomic mass is 10.1. The second kappa shape index (κ2) is 8.78. The third-order valence-electron chi connectivity index (χ3n) is 4.99. The number of nitrogens with one attached hydrogen (secondary N) is 2. The molecule has 0 radical (unpaired) electrons. The van der Waals surface area contributed by atoms with Gasteiger partial charge in [-0.3, -0.25) is 4.79 Å². The van der Waals surface area contributed by atoms with Crippen molar-refractivity contribution in [1.82, 2.24) is 9.97 Å². The Morgan fingerprint density at radius 2 is 1.85 bits per heavy atom. The van der Waals surface area contributed by atoms with Crippen molar-refractivity contribution in [2.45, 2.75) is 13.1 Å². The highest BCUT2D eigenvalue weighted by Crippen LogP contribution is 2.31. The molecule has 0 saturated heterocycles. The molecule has 0 bridgehead atoms. The van der Waals surface area contributed by atoms with Crippen LogP contribution in [-0.2, 0) is 10.9 Å². The average molecular weight is 453 g/mol. The first-order valence-corrected chi connectivity index (χ1v) is 9.91. The van der Waals surface area contributed by atoms with Gasteiger partial charge in [0.2, 0.25) is 5.78 Å². The van der Waals surface area contributed by atoms with E-state index in [0.29, 0.717) is 11.3 Å². The van der Waals surface area contributed by atoms with Crippen molar-refractivity contribution in [3.63, 3.8) is 0 Å². The Morgan fingerprint density at radius 1 is 1.06 bits per heavy atom. The number of pyridine rings is 1. The van der Waals surface area contributed by atoms with Gasteiger partial charge in [-0.2, -0.15) is 13.2 Å². The van der Waals surface area contributed by atoms with Gasteiger partial charge in [0.15, 0.2) is 6.61 Å². The molecule has 2 aromatic carbocycles. The average Bonchev–Trinajstić information content (AvgIpc) is 3.13. The molecule has 2 aromatic heterocycles. The summed E-state index contributed by atoms with van der Waals surface area (Å²) in [7, 11) is 0. The number of benzene rings is 2. The Kier molecular flexibility index (Phi) is 5.87. The van der Waals surface area contributed by atoms with E-state index in [1.165, 1.54) is 30.5 Å². The van der Waals surface area contributed by atoms with Crippen LogP contribution in [0.3, 0.4) is 0 Å². The highest BCUT2D eigenvalue weighted by molar-refractivity contribution is 6.10. The predicted octanol–water partition coefficient (Wildman–Crippen LogP) is 5.67. The second-order valence-corrected chi connectivity index (χ2v) is 7.27. The van der Waals surface area contributed by atoms with E-state index in [0.717, 1.165) is 23.0 Å². The maximum absolute atomic E-state index is 13.0. The van der Waals surface area contributed by atoms with Crippen molar-refractivity contribution in [3.8, 4) is 0 Å². The fourth-order valence-corrected chi connectivity index (χ4v) is 3.50. The monoisotopic (exact) mass is 453 g/mol. The van der Waals surface area contributed by atoms with E-state index in [9.17, 15) is 22.8 Å². The molecular weight excluding hydrogens is 435 g/mol. The summed E-state index contributed by atoms with van der Waals surface area (Å²) >= 11 is 0. The van der Waals surface area contributed by atoms with Gasteiger partial charge in [-0.05, 0) is 43.3 Å². The van der Waals surface area contributed by atoms with Crippen LogP contribution in [0.1, 0.15) is 32.0 Å². The number of anilines is 2. The summed E-state index contributed by atoms with van der Waals surface area (Å²) in [5.74, 6) is -1.20. The van der Waals surface area contributed by atoms with Crippen LogP contribution in [0.15, 0.2) is 66.9 Å². The van der Waals surface area contributed by atoms with Crippen LogP contribution in [0.25, 0.3) is 10.9 Å². The molecular formula is C24H18F3N3O3. The van der Waals surface area contributed by atoms with Gasteiger partial charge < -0.3 is 15.0 Å². The maximum Gasteiger partial charge on any atom is 0.416 e. The van der Waals surface area contributed by atoms with Gasteiger partial charge in [-0.25, -0.2) is 9.78 Å². The van der Waals surface area contributed by atoms with Crippen LogP contribution >= 0.6 is 0 Å². The normalized spacial score (nSPS) is 11.4. The number of carbonyl (C=O) groups is 2. The number of H-pyrrole nitrogens is 1. The second-order valence-electron chi connectivity index (χ2n) is 7.27. The Morgan fingerprint density at radius 3 is 2.64 bits per heavy atom. The number of fused-ring (bicyclic) bond motifs is 1. The van der Waals surface area contributed by atoms with E-state index in [4.69, 9.17) is 4.74 Å². The zero-order chi connectivity index (χ0) is 23.6. The smallest absolute Gasteiger partial charge is 0.416 e. The molecule has 6 nitrogen and oxygen atoms in total. The summed E-state index contributed by atoms with van der Waals surface area (Å²) in [5.41, 5.74) is 1.13. The zero-order valence-electron chi connectivity index (χ0n) is 17.4. The number of ether oxygens (including phenoxy) is 1. The lowest BCUT2D eigenvalue weighted by molar-refractivity contribution is -0.137. The molecule has 0 spiro atoms. The highest BCUT2D eigenvalue weighted by Gasteiger charge is 2.30. The van der Waals surface area contributed by atoms with E-state index in [2.05, 4.69) is 15.3 Å². The predicted molar refractivity (Wildman–Crippen MR) is 117 cm³/mol. The number of esters is 1. The third kappa shape index (κ3) is 4.72. The van der Waals surface area contributed by atoms with Gasteiger partial charge in [0.25, 0.3) is 0 Å². The fourth-order valence-electron chi connectivity index (χ4n) is 3.50. The summed E-state index contributed by atoms with van der Waals surface area (Å²) in [5, 5.41) is 3.44. The molecule has 0 aliphatic rings. The zero-order valence-corrected chi connectivity index (χ0v) is 17.4. The van der Waals surface area contributed by atoms with Crippen molar-refractivity contribution in [3.05, 3.63) is 89.2 Å². The summed E-state index contributed by atoms with van der Waals surface area (Å²) in [6.07, 6.45) is -3.13. The summed E-state index contributed by atoms with van der Waals surface area (Å²) < 4.78 is 44.2. The number of hydrogen-bond acceptors (Lipinski definition) is 5. The molecule has 33 heavy (non-hydrogen) atoms. The molecule has 9 heteroatoms. The van der Waals surface area contributed by atoms with Crippen LogP contribution < -0.4 is 5.32 Å². The number of aryl methyl sites for hydroxylation is 1. The minimum Gasteiger partial charge on any atom is -0.454 e. The number of aromatic nitrogens is 2. The highest BCUT2D eigenvalue weighted by atomic mass is 19.4. The minimum absolute atomic E-state index is 0.0116. The third-order valence-corrected chi connectivity index (χ3v) is 4.99. The number of hydrogen-bond donors (Lipinski definition) is 2. The first-order valence-electron chi connectivity index (χ1n) is 9.91. The number of ketones is 1. The Bertz CT molecular complexity index is 1350. The molecule has 2 N–H and O–H groups in total. The van der Waals surface area contributed by atoms with Crippen LogP contribution in [0, 0.1) is 6.92 Å². The van der Waals surface area contributed by atoms with Gasteiger partial charge in [0, 0.05) is 34.0 Å². The van der Waals surface area contributed by atoms with E-state index >= 15 is 0 Å². The van der Waals surface area contributed by atoms with Crippen molar-refractivity contribution in [2.24, 2.45) is 0 Å². The van der Waals surface area contributed by atoms with E-state index < -0.39 is 24.3 Å². The molecule has 0 fully saturated rings. The van der Waals surface area contributed by atoms with Crippen molar-refractivity contribution >= 4 is 34.2 Å². The number of aromatic amines is 1. The summed E-state index contributed by atoms with van der Waals surface area (Å²) in [6.45, 7) is 1.26. The molecule has 0 aliphatic heterocycles. The first kappa shape index (κ1) is 22.1. The Labute approximate surface area is 186 Å². The topological polar surface area (TPSA) is 84.1 Å². The van der Waals surface area contributed by atoms with Crippen LogP contribution in [0.5, 0.6) is 0 Å². The number of rotatable bonds is 6. The fraction of sp³-hybridized carbons (Fsp3) is 0.125. The standard InChI is InChI=1S/C24H18F3N3O3/c1-14-21(17-8-2-3-10-19(17)29-14)20(31)13-33-23(32)18-9-5-11-28-22(18)30-16-7-4-6-15(12-16)24(25,26)27/h2-12,29H,13H2,1H3,(H,28,30). The van der Waals surface area contributed by atoms with E-state index in [1.807, 2.05) is 12.1 Å². The molecule has 4 aromatic rings. The lowest BCUT2D eigenvalue weighted by Gasteiger charge is -2.12. The van der Waals surface area contributed by atoms with Crippen molar-refractivity contribution < 1.29 is 27.5 Å². The maximum atomic E-state index is 13.0. The Hall–Kier alpha value is -4.14. The van der Waals surface area contributed by atoms with Gasteiger partial charge in [0.1, 0.15) is 11.4 Å². The Balaban J connectivity index is 1.51. The number of alkyl halides is 3. The molecule has 0 saturated carbocycles. The number of carbonyl (C=O) groups excluding carboxylic acids is 2. The molecule has 0 aliphatic carbocycles. The van der Waals surface area contributed by atoms with Gasteiger partial charge >= 0.3 is 12.1 Å².